The molecular formula is C32H48F2N4O2. The van der Waals surface area contributed by atoms with Crippen molar-refractivity contribution in [2.75, 3.05) is 26.2 Å². The molecule has 2 aliphatic heterocycles. The molecule has 222 valence electrons. The van der Waals surface area contributed by atoms with Crippen molar-refractivity contribution in [3.05, 3.63) is 35.6 Å². The Balaban J connectivity index is 1.28. The number of nitrogens with one attached hydrogen (secondary N) is 2. The van der Waals surface area contributed by atoms with Crippen molar-refractivity contribution in [3.63, 3.8) is 0 Å². The Morgan fingerprint density at radius 1 is 0.950 bits per heavy atom. The minimum absolute atomic E-state index is 0.0738. The van der Waals surface area contributed by atoms with Crippen LogP contribution < -0.4 is 10.6 Å². The van der Waals surface area contributed by atoms with Gasteiger partial charge in [-0.1, -0.05) is 31.4 Å². The van der Waals surface area contributed by atoms with Gasteiger partial charge in [0.1, 0.15) is 17.5 Å². The average Bonchev–Trinajstić information content (AvgIpc) is 3.70. The molecule has 2 unspecified atom stereocenters. The maximum Gasteiger partial charge on any atom is 0.318 e. The van der Waals surface area contributed by atoms with E-state index < -0.39 is 11.7 Å². The van der Waals surface area contributed by atoms with E-state index in [1.807, 2.05) is 4.90 Å². The summed E-state index contributed by atoms with van der Waals surface area (Å²) in [4.78, 5) is 31.0. The molecule has 2 saturated carbocycles. The third-order valence-corrected chi connectivity index (χ3v) is 10.2. The maximum absolute atomic E-state index is 14.7. The number of piperidine rings is 1. The monoisotopic (exact) mass is 558 g/mol. The molecule has 3 amide bonds. The normalized spacial score (nSPS) is 27.2. The Morgan fingerprint density at radius 2 is 1.57 bits per heavy atom. The number of carbonyl (C=O) groups is 2. The first-order valence-corrected chi connectivity index (χ1v) is 15.7. The molecule has 8 heteroatoms. The minimum Gasteiger partial charge on any atom is -0.341 e. The van der Waals surface area contributed by atoms with E-state index in [-0.39, 0.29) is 35.3 Å². The summed E-state index contributed by atoms with van der Waals surface area (Å²) in [6.07, 6.45) is 11.4. The summed E-state index contributed by atoms with van der Waals surface area (Å²) < 4.78 is 28.3. The molecule has 3 atom stereocenters. The minimum atomic E-state index is -0.946. The molecular weight excluding hydrogens is 510 g/mol. The van der Waals surface area contributed by atoms with Gasteiger partial charge in [-0.05, 0) is 94.2 Å². The smallest absolute Gasteiger partial charge is 0.318 e. The van der Waals surface area contributed by atoms with Gasteiger partial charge in [-0.25, -0.2) is 13.6 Å². The summed E-state index contributed by atoms with van der Waals surface area (Å²) >= 11 is 0. The van der Waals surface area contributed by atoms with Crippen LogP contribution in [-0.4, -0.2) is 71.7 Å². The number of hydrogen-bond donors (Lipinski definition) is 2. The van der Waals surface area contributed by atoms with Crippen molar-refractivity contribution in [2.45, 2.75) is 115 Å². The zero-order valence-corrected chi connectivity index (χ0v) is 24.4. The molecule has 6 nitrogen and oxygen atoms in total. The van der Waals surface area contributed by atoms with Crippen LogP contribution in [0.3, 0.4) is 0 Å². The lowest BCUT2D eigenvalue weighted by Gasteiger charge is -2.49. The van der Waals surface area contributed by atoms with Crippen LogP contribution in [-0.2, 0) is 11.2 Å². The molecule has 2 saturated heterocycles. The van der Waals surface area contributed by atoms with E-state index in [0.29, 0.717) is 57.8 Å². The van der Waals surface area contributed by atoms with E-state index in [2.05, 4.69) is 24.5 Å². The third-order valence-electron chi connectivity index (χ3n) is 10.2. The zero-order chi connectivity index (χ0) is 28.3. The van der Waals surface area contributed by atoms with Gasteiger partial charge in [0.25, 0.3) is 0 Å². The number of alkyl halides is 1. The molecule has 0 radical (unpaired) electrons. The van der Waals surface area contributed by atoms with Crippen molar-refractivity contribution < 1.29 is 18.4 Å². The van der Waals surface area contributed by atoms with Crippen molar-refractivity contribution in [3.8, 4) is 0 Å². The zero-order valence-electron chi connectivity index (χ0n) is 24.4. The molecule has 5 rings (SSSR count). The summed E-state index contributed by atoms with van der Waals surface area (Å²) in [5.74, 6) is 0.221. The Bertz CT molecular complexity index is 1010. The first kappa shape index (κ1) is 29.3. The number of carbonyl (C=O) groups excluding carboxylic acids is 2. The number of hydrogen-bond acceptors (Lipinski definition) is 3. The van der Waals surface area contributed by atoms with Gasteiger partial charge >= 0.3 is 6.03 Å². The second kappa shape index (κ2) is 12.3. The quantitative estimate of drug-likeness (QED) is 0.437. The van der Waals surface area contributed by atoms with Crippen LogP contribution in [0.5, 0.6) is 0 Å². The lowest BCUT2D eigenvalue weighted by atomic mass is 9.61. The van der Waals surface area contributed by atoms with Crippen LogP contribution in [0.4, 0.5) is 13.6 Å². The molecule has 2 N–H and O–H groups in total. The molecule has 2 aliphatic carbocycles. The molecule has 1 aromatic carbocycles. The number of benzene rings is 1. The number of rotatable bonds is 8. The molecule has 1 aromatic rings. The molecule has 4 fully saturated rings. The number of halogens is 2. The van der Waals surface area contributed by atoms with Crippen LogP contribution in [0.25, 0.3) is 0 Å². The van der Waals surface area contributed by atoms with Crippen LogP contribution in [0, 0.1) is 17.2 Å². The van der Waals surface area contributed by atoms with Crippen molar-refractivity contribution in [2.24, 2.45) is 11.3 Å². The molecule has 40 heavy (non-hydrogen) atoms. The van der Waals surface area contributed by atoms with Crippen molar-refractivity contribution in [1.29, 1.82) is 0 Å². The average molecular weight is 559 g/mol. The SMILES string of the molecule is CC1CN(C(=O)N[C@H](Cc2ccc(F)cc2)C(=O)N2CCC(CCC3(F)CC3)(C3CCCCC3)CC2)CC(C)N1. The van der Waals surface area contributed by atoms with Gasteiger partial charge in [0.2, 0.25) is 5.91 Å². The van der Waals surface area contributed by atoms with E-state index in [1.54, 1.807) is 17.0 Å². The van der Waals surface area contributed by atoms with Gasteiger partial charge in [0.05, 0.1) is 0 Å². The Morgan fingerprint density at radius 3 is 2.17 bits per heavy atom. The van der Waals surface area contributed by atoms with Gasteiger partial charge in [-0.3, -0.25) is 4.79 Å². The molecule has 0 bridgehead atoms. The number of nitrogens with zero attached hydrogens (tertiary/aromatic N) is 2. The van der Waals surface area contributed by atoms with Gasteiger partial charge in [0.15, 0.2) is 0 Å². The fraction of sp³-hybridized carbons (Fsp3) is 0.750. The lowest BCUT2D eigenvalue weighted by molar-refractivity contribution is -0.136. The fourth-order valence-corrected chi connectivity index (χ4v) is 7.62. The number of likely N-dealkylation sites (tertiary alicyclic amines) is 1. The standard InChI is InChI=1S/C32H48F2N4O2/c1-23-21-38(22-24(2)35-23)30(40)36-28(20-25-8-10-27(33)11-9-25)29(39)37-18-16-31(17-19-37,12-13-32(34)14-15-32)26-6-4-3-5-7-26/h8-11,23-24,26,28,35H,3-7,12-22H2,1-2H3,(H,36,40)/t23?,24?,28-/m1/s1. The van der Waals surface area contributed by atoms with Crippen molar-refractivity contribution >= 4 is 11.9 Å². The molecule has 0 spiro atoms. The highest BCUT2D eigenvalue weighted by molar-refractivity contribution is 5.87. The predicted octanol–water partition coefficient (Wildman–Crippen LogP) is 5.60. The van der Waals surface area contributed by atoms with Crippen molar-refractivity contribution in [1.82, 2.24) is 20.4 Å². The highest BCUT2D eigenvalue weighted by Crippen LogP contribution is 2.53. The molecule has 0 aromatic heterocycles. The second-order valence-corrected chi connectivity index (χ2v) is 13.4. The summed E-state index contributed by atoms with van der Waals surface area (Å²) in [5.41, 5.74) is -0.0203. The van der Waals surface area contributed by atoms with Gasteiger partial charge in [-0.2, -0.15) is 0 Å². The van der Waals surface area contributed by atoms with E-state index >= 15 is 0 Å². The van der Waals surface area contributed by atoms with Crippen LogP contribution in [0.1, 0.15) is 90.0 Å². The number of urea groups is 1. The van der Waals surface area contributed by atoms with E-state index in [4.69, 9.17) is 0 Å². The topological polar surface area (TPSA) is 64.7 Å². The highest BCUT2D eigenvalue weighted by atomic mass is 19.1. The summed E-state index contributed by atoms with van der Waals surface area (Å²) in [6, 6.07) is 5.57. The van der Waals surface area contributed by atoms with Gasteiger partial charge in [-0.15, -0.1) is 0 Å². The number of piperazine rings is 1. The molecule has 4 aliphatic rings. The van der Waals surface area contributed by atoms with E-state index in [1.165, 1.54) is 44.2 Å². The predicted molar refractivity (Wildman–Crippen MR) is 153 cm³/mol. The van der Waals surface area contributed by atoms with Crippen LogP contribution >= 0.6 is 0 Å². The first-order chi connectivity index (χ1) is 19.1. The highest BCUT2D eigenvalue weighted by Gasteiger charge is 2.48. The largest absolute Gasteiger partial charge is 0.341 e. The van der Waals surface area contributed by atoms with Crippen LogP contribution in [0.2, 0.25) is 0 Å². The van der Waals surface area contributed by atoms with Gasteiger partial charge < -0.3 is 20.4 Å². The fourth-order valence-electron chi connectivity index (χ4n) is 7.62. The Kier molecular flexibility index (Phi) is 9.03. The van der Waals surface area contributed by atoms with Gasteiger partial charge in [0, 0.05) is 44.7 Å². The Labute approximate surface area is 238 Å². The summed E-state index contributed by atoms with van der Waals surface area (Å²) in [5, 5.41) is 6.49. The number of amides is 3. The Hall–Kier alpha value is -2.22. The lowest BCUT2D eigenvalue weighted by Crippen LogP contribution is -2.61. The summed E-state index contributed by atoms with van der Waals surface area (Å²) in [6.45, 7) is 6.56. The molecule has 2 heterocycles. The first-order valence-electron chi connectivity index (χ1n) is 15.7. The second-order valence-electron chi connectivity index (χ2n) is 13.4. The van der Waals surface area contributed by atoms with E-state index in [9.17, 15) is 18.4 Å². The third kappa shape index (κ3) is 7.15. The van der Waals surface area contributed by atoms with E-state index in [0.717, 1.165) is 24.8 Å². The summed E-state index contributed by atoms with van der Waals surface area (Å²) in [7, 11) is 0. The maximum atomic E-state index is 14.7. The van der Waals surface area contributed by atoms with Crippen LogP contribution in [0.15, 0.2) is 24.3 Å².